The highest BCUT2D eigenvalue weighted by atomic mass is 16.6. The second kappa shape index (κ2) is 60.7. The molecule has 0 amide bonds. The van der Waals surface area contributed by atoms with Crippen LogP contribution in [0.5, 0.6) is 0 Å². The first-order valence-electron chi connectivity index (χ1n) is 31.3. The zero-order valence-electron chi connectivity index (χ0n) is 47.9. The summed E-state index contributed by atoms with van der Waals surface area (Å²) in [5.41, 5.74) is 0. The number of carbonyl (C=O) groups excluding carboxylic acids is 3. The van der Waals surface area contributed by atoms with E-state index in [0.717, 1.165) is 96.3 Å². The molecule has 0 heterocycles. The van der Waals surface area contributed by atoms with Gasteiger partial charge in [-0.2, -0.15) is 0 Å². The van der Waals surface area contributed by atoms with Crippen LogP contribution in [-0.4, -0.2) is 37.2 Å². The van der Waals surface area contributed by atoms with E-state index >= 15 is 0 Å². The van der Waals surface area contributed by atoms with Gasteiger partial charge in [0.25, 0.3) is 0 Å². The van der Waals surface area contributed by atoms with Crippen LogP contribution < -0.4 is 0 Å². The van der Waals surface area contributed by atoms with Gasteiger partial charge in [0.1, 0.15) is 13.2 Å². The van der Waals surface area contributed by atoms with Crippen molar-refractivity contribution in [1.82, 2.24) is 0 Å². The highest BCUT2D eigenvalue weighted by Crippen LogP contribution is 2.17. The van der Waals surface area contributed by atoms with Gasteiger partial charge in [-0.3, -0.25) is 14.4 Å². The Morgan fingerprint density at radius 2 is 0.542 bits per heavy atom. The lowest BCUT2D eigenvalue weighted by molar-refractivity contribution is -0.167. The zero-order valence-corrected chi connectivity index (χ0v) is 47.9. The first-order chi connectivity index (χ1) is 35.5. The van der Waals surface area contributed by atoms with Crippen molar-refractivity contribution in [3.05, 3.63) is 60.8 Å². The molecule has 418 valence electrons. The third-order valence-electron chi connectivity index (χ3n) is 13.8. The molecule has 0 saturated carbocycles. The third-order valence-corrected chi connectivity index (χ3v) is 13.8. The maximum absolute atomic E-state index is 12.9. The van der Waals surface area contributed by atoms with Crippen LogP contribution in [-0.2, 0) is 28.6 Å². The Labute approximate surface area is 447 Å². The summed E-state index contributed by atoms with van der Waals surface area (Å²) in [6.45, 7) is 6.55. The Morgan fingerprint density at radius 1 is 0.292 bits per heavy atom. The van der Waals surface area contributed by atoms with Crippen molar-refractivity contribution >= 4 is 17.9 Å². The first kappa shape index (κ1) is 69.1. The van der Waals surface area contributed by atoms with Crippen LogP contribution in [0.3, 0.4) is 0 Å². The minimum absolute atomic E-state index is 0.0802. The monoisotopic (exact) mass is 1010 g/mol. The molecule has 0 aromatic carbocycles. The van der Waals surface area contributed by atoms with E-state index in [4.69, 9.17) is 14.2 Å². The molecule has 1 atom stereocenters. The van der Waals surface area contributed by atoms with Crippen molar-refractivity contribution in [3.63, 3.8) is 0 Å². The van der Waals surface area contributed by atoms with Crippen LogP contribution >= 0.6 is 0 Å². The molecule has 1 unspecified atom stereocenters. The highest BCUT2D eigenvalue weighted by molar-refractivity contribution is 5.71. The Morgan fingerprint density at radius 3 is 0.861 bits per heavy atom. The minimum atomic E-state index is -0.783. The molecule has 0 aliphatic rings. The van der Waals surface area contributed by atoms with Crippen molar-refractivity contribution < 1.29 is 28.6 Å². The summed E-state index contributed by atoms with van der Waals surface area (Å²) >= 11 is 0. The van der Waals surface area contributed by atoms with Crippen LogP contribution in [0.1, 0.15) is 323 Å². The third kappa shape index (κ3) is 58.0. The van der Waals surface area contributed by atoms with Gasteiger partial charge < -0.3 is 14.2 Å². The van der Waals surface area contributed by atoms with Gasteiger partial charge >= 0.3 is 17.9 Å². The first-order valence-corrected chi connectivity index (χ1v) is 31.3. The lowest BCUT2D eigenvalue weighted by atomic mass is 10.0. The molecule has 0 radical (unpaired) electrons. The van der Waals surface area contributed by atoms with E-state index in [9.17, 15) is 14.4 Å². The summed E-state index contributed by atoms with van der Waals surface area (Å²) in [5.74, 6) is -0.884. The van der Waals surface area contributed by atoms with E-state index < -0.39 is 6.10 Å². The van der Waals surface area contributed by atoms with Crippen molar-refractivity contribution in [2.45, 2.75) is 329 Å². The molecule has 72 heavy (non-hydrogen) atoms. The molecule has 0 aromatic rings. The van der Waals surface area contributed by atoms with E-state index in [-0.39, 0.29) is 31.1 Å². The van der Waals surface area contributed by atoms with Crippen LogP contribution in [0.4, 0.5) is 0 Å². The van der Waals surface area contributed by atoms with Gasteiger partial charge in [0.05, 0.1) is 0 Å². The number of rotatable bonds is 57. The molecule has 0 fully saturated rings. The second-order valence-electron chi connectivity index (χ2n) is 20.9. The lowest BCUT2D eigenvalue weighted by Gasteiger charge is -2.18. The molecule has 0 bridgehead atoms. The summed E-state index contributed by atoms with van der Waals surface area (Å²) in [5, 5.41) is 0. The number of unbranched alkanes of at least 4 members (excludes halogenated alkanes) is 36. The fraction of sp³-hybridized carbons (Fsp3) is 0.803. The maximum atomic E-state index is 12.9. The zero-order chi connectivity index (χ0) is 52.2. The largest absolute Gasteiger partial charge is 0.462 e. The average molecular weight is 1010 g/mol. The number of carbonyl (C=O) groups is 3. The van der Waals surface area contributed by atoms with Gasteiger partial charge in [-0.1, -0.05) is 281 Å². The minimum Gasteiger partial charge on any atom is -0.462 e. The molecular weight excluding hydrogens is 889 g/mol. The molecule has 0 aliphatic heterocycles. The van der Waals surface area contributed by atoms with E-state index in [1.807, 2.05) is 0 Å². The molecule has 0 aliphatic carbocycles. The number of allylic oxidation sites excluding steroid dienone is 10. The lowest BCUT2D eigenvalue weighted by Crippen LogP contribution is -2.30. The van der Waals surface area contributed by atoms with E-state index in [1.165, 1.54) is 186 Å². The predicted octanol–water partition coefficient (Wildman–Crippen LogP) is 21.2. The van der Waals surface area contributed by atoms with E-state index in [2.05, 4.69) is 81.5 Å². The van der Waals surface area contributed by atoms with Crippen LogP contribution in [0, 0.1) is 0 Å². The molecule has 0 saturated heterocycles. The molecule has 6 nitrogen and oxygen atoms in total. The molecular formula is C66H118O6. The molecule has 6 heteroatoms. The number of hydrogen-bond donors (Lipinski definition) is 0. The molecule has 0 N–H and O–H groups in total. The normalized spacial score (nSPS) is 12.4. The highest BCUT2D eigenvalue weighted by Gasteiger charge is 2.19. The average Bonchev–Trinajstić information content (AvgIpc) is 3.38. The van der Waals surface area contributed by atoms with E-state index in [0.29, 0.717) is 19.3 Å². The van der Waals surface area contributed by atoms with Gasteiger partial charge in [-0.05, 0) is 83.5 Å². The number of ether oxygens (including phenoxy) is 3. The Hall–Kier alpha value is -2.89. The molecule has 0 spiro atoms. The second-order valence-corrected chi connectivity index (χ2v) is 20.9. The van der Waals surface area contributed by atoms with Crippen LogP contribution in [0.2, 0.25) is 0 Å². The number of hydrogen-bond acceptors (Lipinski definition) is 6. The van der Waals surface area contributed by atoms with Crippen molar-refractivity contribution in [1.29, 1.82) is 0 Å². The van der Waals surface area contributed by atoms with Crippen molar-refractivity contribution in [3.8, 4) is 0 Å². The number of esters is 3. The van der Waals surface area contributed by atoms with Gasteiger partial charge in [-0.25, -0.2) is 0 Å². The topological polar surface area (TPSA) is 78.9 Å². The molecule has 0 rings (SSSR count). The Bertz CT molecular complexity index is 1290. The summed E-state index contributed by atoms with van der Waals surface area (Å²) in [6.07, 6.45) is 76.4. The quantitative estimate of drug-likeness (QED) is 0.0261. The van der Waals surface area contributed by atoms with Crippen molar-refractivity contribution in [2.24, 2.45) is 0 Å². The van der Waals surface area contributed by atoms with E-state index in [1.54, 1.807) is 0 Å². The Balaban J connectivity index is 4.38. The maximum Gasteiger partial charge on any atom is 0.306 e. The predicted molar refractivity (Wildman–Crippen MR) is 312 cm³/mol. The summed E-state index contributed by atoms with van der Waals surface area (Å²) in [7, 11) is 0. The summed E-state index contributed by atoms with van der Waals surface area (Å²) < 4.78 is 16.9. The van der Waals surface area contributed by atoms with Gasteiger partial charge in [0.2, 0.25) is 0 Å². The van der Waals surface area contributed by atoms with Crippen molar-refractivity contribution in [2.75, 3.05) is 13.2 Å². The van der Waals surface area contributed by atoms with Gasteiger partial charge in [0.15, 0.2) is 6.10 Å². The van der Waals surface area contributed by atoms with Crippen LogP contribution in [0.15, 0.2) is 60.8 Å². The van der Waals surface area contributed by atoms with Gasteiger partial charge in [0, 0.05) is 19.3 Å². The summed E-state index contributed by atoms with van der Waals surface area (Å²) in [4.78, 5) is 38.3. The summed E-state index contributed by atoms with van der Waals surface area (Å²) in [6, 6.07) is 0. The standard InChI is InChI=1S/C66H118O6/c1-4-7-10-13-16-19-22-25-28-31-33-35-38-41-44-47-50-53-56-59-65(68)71-62-63(61-70-64(67)58-55-52-49-46-43-40-37-30-27-24-21-18-15-12-9-6-3)72-66(69)60-57-54-51-48-45-42-39-36-34-32-29-26-23-20-17-14-11-8-5-2/h7,10,16,19,25,28,30,33,35,37,63H,4-6,8-9,11-15,17-18,20-24,26-27,29,31-32,34,36,38-62H2,1-3H3/b10-7-,19-16-,28-25-,35-33-,37-30-. The molecule has 0 aromatic heterocycles. The fourth-order valence-electron chi connectivity index (χ4n) is 9.08. The van der Waals surface area contributed by atoms with Gasteiger partial charge in [-0.15, -0.1) is 0 Å². The fourth-order valence-corrected chi connectivity index (χ4v) is 9.08. The SMILES string of the molecule is CC/C=C\C/C=C\C/C=C\C/C=C\CCCCCCCCC(=O)OCC(COC(=O)CCCCCCC/C=C\CCCCCCCCC)OC(=O)CCCCCCCCCCCCCCCCCCCCC. The Kier molecular flexibility index (Phi) is 58.2. The van der Waals surface area contributed by atoms with Crippen LogP contribution in [0.25, 0.3) is 0 Å². The smallest absolute Gasteiger partial charge is 0.306 e.